The molecule has 0 aliphatic heterocycles. The van der Waals surface area contributed by atoms with Gasteiger partial charge >= 0.3 is 0 Å². The van der Waals surface area contributed by atoms with Crippen LogP contribution in [0.5, 0.6) is 0 Å². The van der Waals surface area contributed by atoms with E-state index in [0.29, 0.717) is 18.4 Å². The van der Waals surface area contributed by atoms with Gasteiger partial charge < -0.3 is 10.6 Å². The van der Waals surface area contributed by atoms with Gasteiger partial charge in [-0.2, -0.15) is 5.26 Å². The number of nitriles is 1. The summed E-state index contributed by atoms with van der Waals surface area (Å²) in [6.07, 6.45) is 13.1. The molecule has 0 spiro atoms. The summed E-state index contributed by atoms with van der Waals surface area (Å²) >= 11 is 0. The van der Waals surface area contributed by atoms with E-state index in [4.69, 9.17) is 5.73 Å². The predicted molar refractivity (Wildman–Crippen MR) is 151 cm³/mol. The van der Waals surface area contributed by atoms with Gasteiger partial charge in [-0.25, -0.2) is 0 Å². The summed E-state index contributed by atoms with van der Waals surface area (Å²) in [6.45, 7) is 7.32. The van der Waals surface area contributed by atoms with Crippen LogP contribution in [0.15, 0.2) is 77.4 Å². The molecule has 2 N–H and O–H groups in total. The minimum atomic E-state index is -0.658. The molecule has 5 nitrogen and oxygen atoms in total. The number of nitrogens with zero attached hydrogens (tertiary/aromatic N) is 2. The largest absolute Gasteiger partial charge is 0.365 e. The van der Waals surface area contributed by atoms with Crippen LogP contribution in [0.1, 0.15) is 75.2 Å². The fourth-order valence-electron chi connectivity index (χ4n) is 4.86. The number of hydrogen-bond acceptors (Lipinski definition) is 4. The number of carbonyl (C=O) groups excluding carboxylic acids is 2. The molecule has 0 aromatic heterocycles. The second kappa shape index (κ2) is 12.9. The van der Waals surface area contributed by atoms with Crippen molar-refractivity contribution in [3.05, 3.63) is 88.5 Å². The lowest BCUT2D eigenvalue weighted by atomic mass is 9.75. The fraction of sp³-hybridized carbons (Fsp3) is 0.344. The van der Waals surface area contributed by atoms with E-state index in [1.807, 2.05) is 30.3 Å². The molecule has 5 heteroatoms. The zero-order valence-electron chi connectivity index (χ0n) is 22.2. The van der Waals surface area contributed by atoms with Gasteiger partial charge in [-0.05, 0) is 77.8 Å². The standard InChI is InChI=1S/C32H37N3O2/c1-4-5-6-7-18-35(29-16-12-25(23-36)13-17-29)28-14-10-24(11-15-28)8-9-26-19-27(21-32(2,3)20-26)30(22-33)31(34)37/h8-17,20,23H,4-7,18-19,21H2,1-3H3,(H2,34,37)/b9-8+,30-27+. The van der Waals surface area contributed by atoms with Crippen molar-refractivity contribution >= 4 is 29.6 Å². The van der Waals surface area contributed by atoms with Gasteiger partial charge in [-0.3, -0.25) is 9.59 Å². The maximum atomic E-state index is 11.7. The first-order valence-corrected chi connectivity index (χ1v) is 13.0. The number of carbonyl (C=O) groups is 2. The third-order valence-electron chi connectivity index (χ3n) is 6.65. The molecule has 0 saturated carbocycles. The van der Waals surface area contributed by atoms with Crippen LogP contribution < -0.4 is 10.6 Å². The Morgan fingerprint density at radius 3 is 2.16 bits per heavy atom. The SMILES string of the molecule is CCCCCCN(c1ccc(C=O)cc1)c1ccc(/C=C/C2=CC(C)(C)C/C(=C(\C#N)C(N)=O)C2)cc1. The maximum absolute atomic E-state index is 11.7. The lowest BCUT2D eigenvalue weighted by molar-refractivity contribution is -0.114. The van der Waals surface area contributed by atoms with Crippen LogP contribution >= 0.6 is 0 Å². The third kappa shape index (κ3) is 7.79. The highest BCUT2D eigenvalue weighted by Crippen LogP contribution is 2.38. The van der Waals surface area contributed by atoms with Crippen LogP contribution in [0.4, 0.5) is 11.4 Å². The van der Waals surface area contributed by atoms with Crippen LogP contribution in [0.3, 0.4) is 0 Å². The van der Waals surface area contributed by atoms with Crippen molar-refractivity contribution in [2.75, 3.05) is 11.4 Å². The molecule has 0 heterocycles. The Balaban J connectivity index is 1.81. The molecular formula is C32H37N3O2. The first-order chi connectivity index (χ1) is 17.8. The van der Waals surface area contributed by atoms with Crippen molar-refractivity contribution in [2.24, 2.45) is 11.1 Å². The van der Waals surface area contributed by atoms with Crippen molar-refractivity contribution in [2.45, 2.75) is 59.3 Å². The molecule has 0 unspecified atom stereocenters. The van der Waals surface area contributed by atoms with Gasteiger partial charge in [0.25, 0.3) is 5.91 Å². The smallest absolute Gasteiger partial charge is 0.259 e. The average Bonchev–Trinajstić information content (AvgIpc) is 2.87. The summed E-state index contributed by atoms with van der Waals surface area (Å²) in [5.74, 6) is -0.658. The monoisotopic (exact) mass is 495 g/mol. The van der Waals surface area contributed by atoms with Crippen LogP contribution in [0, 0.1) is 16.7 Å². The lowest BCUT2D eigenvalue weighted by Crippen LogP contribution is -2.21. The van der Waals surface area contributed by atoms with Gasteiger partial charge in [-0.15, -0.1) is 0 Å². The summed E-state index contributed by atoms with van der Waals surface area (Å²) < 4.78 is 0. The van der Waals surface area contributed by atoms with Crippen LogP contribution in [0.25, 0.3) is 6.08 Å². The average molecular weight is 496 g/mol. The summed E-state index contributed by atoms with van der Waals surface area (Å²) in [5, 5.41) is 9.41. The van der Waals surface area contributed by atoms with Gasteiger partial charge in [0.15, 0.2) is 0 Å². The van der Waals surface area contributed by atoms with Crippen LogP contribution in [0.2, 0.25) is 0 Å². The van der Waals surface area contributed by atoms with Gasteiger partial charge in [0.05, 0.1) is 0 Å². The summed E-state index contributed by atoms with van der Waals surface area (Å²) in [5.41, 5.74) is 11.1. The van der Waals surface area contributed by atoms with Crippen molar-refractivity contribution in [3.63, 3.8) is 0 Å². The van der Waals surface area contributed by atoms with Gasteiger partial charge in [-0.1, -0.05) is 70.4 Å². The molecule has 37 heavy (non-hydrogen) atoms. The van der Waals surface area contributed by atoms with Gasteiger partial charge in [0.2, 0.25) is 0 Å². The molecule has 0 fully saturated rings. The number of unbranched alkanes of at least 4 members (excludes halogenated alkanes) is 3. The highest BCUT2D eigenvalue weighted by atomic mass is 16.1. The predicted octanol–water partition coefficient (Wildman–Crippen LogP) is 7.28. The van der Waals surface area contributed by atoms with Gasteiger partial charge in [0, 0.05) is 23.5 Å². The molecule has 192 valence electrons. The Bertz CT molecular complexity index is 1230. The highest BCUT2D eigenvalue weighted by molar-refractivity contribution is 5.97. The molecule has 2 aromatic rings. The number of amides is 1. The van der Waals surface area contributed by atoms with E-state index >= 15 is 0 Å². The Kier molecular flexibility index (Phi) is 9.63. The van der Waals surface area contributed by atoms with E-state index in [9.17, 15) is 14.9 Å². The van der Waals surface area contributed by atoms with Crippen molar-refractivity contribution < 1.29 is 9.59 Å². The number of nitrogens with two attached hydrogens (primary N) is 1. The van der Waals surface area contributed by atoms with E-state index in [1.165, 1.54) is 19.3 Å². The van der Waals surface area contributed by atoms with Crippen molar-refractivity contribution in [1.82, 2.24) is 0 Å². The van der Waals surface area contributed by atoms with E-state index in [1.54, 1.807) is 0 Å². The maximum Gasteiger partial charge on any atom is 0.259 e. The first kappa shape index (κ1) is 27.7. The molecule has 0 radical (unpaired) electrons. The van der Waals surface area contributed by atoms with Crippen molar-refractivity contribution in [3.8, 4) is 6.07 Å². The second-order valence-electron chi connectivity index (χ2n) is 10.4. The van der Waals surface area contributed by atoms with E-state index < -0.39 is 5.91 Å². The Hall–Kier alpha value is -3.91. The fourth-order valence-corrected chi connectivity index (χ4v) is 4.86. The zero-order chi connectivity index (χ0) is 26.8. The van der Waals surface area contributed by atoms with Crippen LogP contribution in [-0.4, -0.2) is 18.7 Å². The molecule has 0 saturated heterocycles. The van der Waals surface area contributed by atoms with E-state index in [2.05, 4.69) is 68.2 Å². The Morgan fingerprint density at radius 1 is 1.00 bits per heavy atom. The number of allylic oxidation sites excluding steroid dienone is 4. The summed E-state index contributed by atoms with van der Waals surface area (Å²) in [4.78, 5) is 25.1. The topological polar surface area (TPSA) is 87.2 Å². The number of rotatable bonds is 11. The van der Waals surface area contributed by atoms with E-state index in [0.717, 1.165) is 47.3 Å². The number of anilines is 2. The second-order valence-corrected chi connectivity index (χ2v) is 10.4. The molecule has 3 rings (SSSR count). The van der Waals surface area contributed by atoms with Gasteiger partial charge in [0.1, 0.15) is 17.9 Å². The highest BCUT2D eigenvalue weighted by Gasteiger charge is 2.26. The number of primary amides is 1. The zero-order valence-corrected chi connectivity index (χ0v) is 22.2. The van der Waals surface area contributed by atoms with E-state index in [-0.39, 0.29) is 11.0 Å². The number of benzene rings is 2. The molecule has 2 aromatic carbocycles. The Labute approximate surface area is 221 Å². The molecular weight excluding hydrogens is 458 g/mol. The molecule has 0 atom stereocenters. The number of hydrogen-bond donors (Lipinski definition) is 1. The minimum Gasteiger partial charge on any atom is -0.365 e. The normalized spacial score (nSPS) is 16.1. The Morgan fingerprint density at radius 2 is 1.62 bits per heavy atom. The summed E-state index contributed by atoms with van der Waals surface area (Å²) in [7, 11) is 0. The minimum absolute atomic E-state index is 0.0802. The van der Waals surface area contributed by atoms with Crippen molar-refractivity contribution in [1.29, 1.82) is 5.26 Å². The first-order valence-electron chi connectivity index (χ1n) is 13.0. The molecule has 1 amide bonds. The molecule has 0 bridgehead atoms. The number of aldehydes is 1. The molecule has 1 aliphatic carbocycles. The lowest BCUT2D eigenvalue weighted by Gasteiger charge is -2.29. The summed E-state index contributed by atoms with van der Waals surface area (Å²) in [6, 6.07) is 18.2. The van der Waals surface area contributed by atoms with Crippen LogP contribution in [-0.2, 0) is 4.79 Å². The molecule has 1 aliphatic rings. The quantitative estimate of drug-likeness (QED) is 0.153. The third-order valence-corrected chi connectivity index (χ3v) is 6.65.